The SMILES string of the molecule is CC(C)CCC[C@@H](C)[C@H]1CC[C@H]2[C@@H]3CC=C4C[C@@H](O)CC(O)[C@]4(C)[C@H]3CC[C@]12C.CC(CO)CCC[C@@H](C)[C@H]1CC[C@H]2[C@@H]3CC=C4C[C@@H](O)CC[C@]4(C)[C@H]3CC[C@]12C.C[C@H](CCCC(C)(C)O)[C@H]1CC[C@H]2[C@@H]3CC=C4C[C@@H](O)CC[C@]4(C)[C@H]3CC[C@]12C. The van der Waals surface area contributed by atoms with Crippen LogP contribution in [0, 0.1) is 133 Å². The molecule has 0 spiro atoms. The molecule has 0 aromatic carbocycles. The molecular weight excluding hydrogens is 1070 g/mol. The molecule has 0 bridgehead atoms. The quantitative estimate of drug-likeness (QED) is 0.0857. The molecule has 9 fully saturated rings. The standard InChI is InChI=1S/3C27H46O2/c1-18(7-6-14-25(2,3)29)22-10-11-23-21-9-8-19-17-20(28)12-15-26(19,4)24(21)13-16-27(22,23)5;1-17(2)7-6-8-18(3)22-11-12-23-21-10-9-19-15-20(28)16-25(29)27(19,5)24(21)13-14-26(22,23)4;1-18(17-28)6-5-7-19(2)23-10-11-24-22-9-8-20-16-21(29)12-14-26(20,3)25(22)13-15-27(23,24)4/h8,18,20-24,28-29H,6-7,9-17H2,1-5H3;9,17-18,20-25,28-29H,6-8,10-16H2,1-5H3;8,18-19,21-25,28-29H,5-7,9-17H2,1-4H3/t18-,20+,21+,22-,23+,24+,26+,27-;18-,20-,21+,22-,23+,24+,25?,26-,27+;18?,19-,21+,22+,23-,24+,25+,26+,27-/m111/s1. The van der Waals surface area contributed by atoms with Crippen LogP contribution in [0.15, 0.2) is 34.9 Å². The molecule has 0 aromatic heterocycles. The van der Waals surface area contributed by atoms with Crippen LogP contribution in [-0.4, -0.2) is 67.3 Å². The maximum atomic E-state index is 11.1. The van der Waals surface area contributed by atoms with Gasteiger partial charge in [-0.25, -0.2) is 0 Å². The molecule has 87 heavy (non-hydrogen) atoms. The average molecular weight is 1210 g/mol. The van der Waals surface area contributed by atoms with E-state index < -0.39 is 5.60 Å². The zero-order valence-corrected chi connectivity index (χ0v) is 58.9. The van der Waals surface area contributed by atoms with E-state index >= 15 is 0 Å². The van der Waals surface area contributed by atoms with Crippen LogP contribution >= 0.6 is 0 Å². The van der Waals surface area contributed by atoms with Crippen LogP contribution in [-0.2, 0) is 0 Å². The predicted molar refractivity (Wildman–Crippen MR) is 361 cm³/mol. The maximum Gasteiger partial charge on any atom is 0.0658 e. The van der Waals surface area contributed by atoms with Crippen molar-refractivity contribution in [3.8, 4) is 0 Å². The van der Waals surface area contributed by atoms with Crippen LogP contribution in [0.4, 0.5) is 0 Å². The largest absolute Gasteiger partial charge is 0.396 e. The van der Waals surface area contributed by atoms with Crippen molar-refractivity contribution in [1.29, 1.82) is 0 Å². The summed E-state index contributed by atoms with van der Waals surface area (Å²) in [6, 6.07) is 0. The zero-order valence-electron chi connectivity index (χ0n) is 58.9. The molecule has 6 nitrogen and oxygen atoms in total. The second-order valence-corrected chi connectivity index (χ2v) is 36.9. The van der Waals surface area contributed by atoms with E-state index in [0.717, 1.165) is 134 Å². The van der Waals surface area contributed by atoms with Crippen molar-refractivity contribution in [2.45, 2.75) is 332 Å². The Hall–Kier alpha value is -1.02. The van der Waals surface area contributed by atoms with Crippen LogP contribution < -0.4 is 0 Å². The molecule has 0 aromatic rings. The third-order valence-corrected chi connectivity index (χ3v) is 31.2. The summed E-state index contributed by atoms with van der Waals surface area (Å²) in [6.45, 7) is 34.0. The Bertz CT molecular complexity index is 2380. The molecule has 6 heteroatoms. The van der Waals surface area contributed by atoms with E-state index in [9.17, 15) is 30.6 Å². The van der Waals surface area contributed by atoms with Crippen LogP contribution in [0.2, 0.25) is 0 Å². The van der Waals surface area contributed by atoms with Gasteiger partial charge in [0.15, 0.2) is 0 Å². The Labute approximate surface area is 535 Å². The molecule has 12 aliphatic carbocycles. The molecule has 12 rings (SSSR count). The number of fused-ring (bicyclic) bond motifs is 15. The predicted octanol–water partition coefficient (Wildman–Crippen LogP) is 19.2. The molecule has 6 N–H and O–H groups in total. The summed E-state index contributed by atoms with van der Waals surface area (Å²) in [6.07, 6.45) is 46.1. The summed E-state index contributed by atoms with van der Waals surface area (Å²) in [5.41, 5.74) is 6.24. The maximum absolute atomic E-state index is 11.1. The normalized spacial score (nSPS) is 46.7. The summed E-state index contributed by atoms with van der Waals surface area (Å²) in [5, 5.41) is 61.1. The van der Waals surface area contributed by atoms with Crippen molar-refractivity contribution in [2.75, 3.05) is 6.61 Å². The fraction of sp³-hybridized carbons (Fsp3) is 0.926. The molecule has 0 radical (unpaired) electrons. The van der Waals surface area contributed by atoms with E-state index in [1.54, 1.807) is 11.1 Å². The second kappa shape index (κ2) is 27.0. The van der Waals surface area contributed by atoms with Gasteiger partial charge in [0.05, 0.1) is 30.0 Å². The fourth-order valence-electron chi connectivity index (χ4n) is 26.1. The van der Waals surface area contributed by atoms with Gasteiger partial charge in [-0.15, -0.1) is 0 Å². The third-order valence-electron chi connectivity index (χ3n) is 31.2. The second-order valence-electron chi connectivity index (χ2n) is 36.9. The Morgan fingerprint density at radius 1 is 0.448 bits per heavy atom. The number of hydrogen-bond donors (Lipinski definition) is 6. The minimum Gasteiger partial charge on any atom is -0.396 e. The van der Waals surface area contributed by atoms with Crippen LogP contribution in [0.3, 0.4) is 0 Å². The van der Waals surface area contributed by atoms with Gasteiger partial charge in [0, 0.05) is 18.4 Å². The number of rotatable bonds is 16. The molecule has 0 heterocycles. The summed E-state index contributed by atoms with van der Waals surface area (Å²) in [5.74, 6) is 13.8. The highest BCUT2D eigenvalue weighted by Crippen LogP contribution is 2.71. The number of allylic oxidation sites excluding steroid dienone is 3. The highest BCUT2D eigenvalue weighted by molar-refractivity contribution is 5.29. The number of hydrogen-bond acceptors (Lipinski definition) is 6. The van der Waals surface area contributed by atoms with Gasteiger partial charge in [-0.3, -0.25) is 0 Å². The minimum atomic E-state index is -0.519. The van der Waals surface area contributed by atoms with Crippen molar-refractivity contribution < 1.29 is 30.6 Å². The van der Waals surface area contributed by atoms with E-state index in [1.807, 2.05) is 13.8 Å². The lowest BCUT2D eigenvalue weighted by Crippen LogP contribution is -2.55. The first kappa shape index (κ1) is 68.8. The Kier molecular flexibility index (Phi) is 21.4. The topological polar surface area (TPSA) is 121 Å². The fourth-order valence-corrected chi connectivity index (χ4v) is 26.1. The number of aliphatic hydroxyl groups excluding tert-OH is 5. The van der Waals surface area contributed by atoms with E-state index in [2.05, 4.69) is 101 Å². The van der Waals surface area contributed by atoms with Gasteiger partial charge in [0.2, 0.25) is 0 Å². The summed E-state index contributed by atoms with van der Waals surface area (Å²) in [7, 11) is 0. The molecule has 0 aliphatic heterocycles. The van der Waals surface area contributed by atoms with Crippen molar-refractivity contribution in [2.24, 2.45) is 133 Å². The molecule has 26 atom stereocenters. The summed E-state index contributed by atoms with van der Waals surface area (Å²) >= 11 is 0. The molecule has 0 amide bonds. The van der Waals surface area contributed by atoms with Gasteiger partial charge in [-0.1, -0.05) is 163 Å². The van der Waals surface area contributed by atoms with E-state index in [0.29, 0.717) is 51.9 Å². The van der Waals surface area contributed by atoms with Crippen LogP contribution in [0.1, 0.15) is 302 Å². The highest BCUT2D eigenvalue weighted by atomic mass is 16.3. The smallest absolute Gasteiger partial charge is 0.0658 e. The molecular formula is C81H138O6. The first-order chi connectivity index (χ1) is 41.0. The molecule has 2 unspecified atom stereocenters. The monoisotopic (exact) mass is 1210 g/mol. The molecule has 0 saturated heterocycles. The van der Waals surface area contributed by atoms with Gasteiger partial charge in [-0.05, 0) is 296 Å². The van der Waals surface area contributed by atoms with Gasteiger partial charge >= 0.3 is 0 Å². The van der Waals surface area contributed by atoms with Crippen molar-refractivity contribution >= 4 is 0 Å². The van der Waals surface area contributed by atoms with Gasteiger partial charge < -0.3 is 30.6 Å². The third kappa shape index (κ3) is 13.3. The lowest BCUT2D eigenvalue weighted by molar-refractivity contribution is -0.108. The van der Waals surface area contributed by atoms with Gasteiger partial charge in [-0.2, -0.15) is 0 Å². The number of aliphatic hydroxyl groups is 6. The van der Waals surface area contributed by atoms with Gasteiger partial charge in [0.1, 0.15) is 0 Å². The lowest BCUT2D eigenvalue weighted by atomic mass is 9.46. The molecule has 12 aliphatic rings. The molecule has 498 valence electrons. The highest BCUT2D eigenvalue weighted by Gasteiger charge is 2.63. The van der Waals surface area contributed by atoms with Crippen molar-refractivity contribution in [1.82, 2.24) is 0 Å². The summed E-state index contributed by atoms with van der Waals surface area (Å²) < 4.78 is 0. The molecule has 9 saturated carbocycles. The van der Waals surface area contributed by atoms with Gasteiger partial charge in [0.25, 0.3) is 0 Å². The first-order valence-corrected chi connectivity index (χ1v) is 38.2. The Morgan fingerprint density at radius 2 is 0.839 bits per heavy atom. The van der Waals surface area contributed by atoms with E-state index in [-0.39, 0.29) is 29.8 Å². The van der Waals surface area contributed by atoms with E-state index in [4.69, 9.17) is 0 Å². The van der Waals surface area contributed by atoms with E-state index in [1.165, 1.54) is 160 Å². The van der Waals surface area contributed by atoms with Crippen molar-refractivity contribution in [3.05, 3.63) is 34.9 Å². The van der Waals surface area contributed by atoms with Crippen molar-refractivity contribution in [3.63, 3.8) is 0 Å². The first-order valence-electron chi connectivity index (χ1n) is 38.2. The average Bonchev–Trinajstić information content (AvgIpc) is 1.74. The summed E-state index contributed by atoms with van der Waals surface area (Å²) in [4.78, 5) is 0. The Balaban J connectivity index is 0.000000144. The van der Waals surface area contributed by atoms with Crippen LogP contribution in [0.5, 0.6) is 0 Å². The lowest BCUT2D eigenvalue weighted by Gasteiger charge is -2.59. The Morgan fingerprint density at radius 3 is 1.26 bits per heavy atom. The minimum absolute atomic E-state index is 0.0926. The zero-order chi connectivity index (χ0) is 62.8. The van der Waals surface area contributed by atoms with Crippen LogP contribution in [0.25, 0.3) is 0 Å².